The second-order valence-corrected chi connectivity index (χ2v) is 6.06. The van der Waals surface area contributed by atoms with Gasteiger partial charge in [-0.1, -0.05) is 25.4 Å². The molecule has 0 aliphatic carbocycles. The van der Waals surface area contributed by atoms with Gasteiger partial charge in [-0.05, 0) is 50.7 Å². The van der Waals surface area contributed by atoms with E-state index in [4.69, 9.17) is 25.8 Å². The van der Waals surface area contributed by atoms with Crippen molar-refractivity contribution in [1.82, 2.24) is 0 Å². The van der Waals surface area contributed by atoms with Gasteiger partial charge in [0.25, 0.3) is 0 Å². The maximum absolute atomic E-state index is 6.51. The molecule has 1 aromatic carbocycles. The SMILES string of the molecule is CCOc1cc(Cl)c(C(CC)CC2OC2CC)cc1OCC. The van der Waals surface area contributed by atoms with Crippen LogP contribution in [0.4, 0.5) is 0 Å². The van der Waals surface area contributed by atoms with Crippen molar-refractivity contribution in [1.29, 1.82) is 0 Å². The van der Waals surface area contributed by atoms with Crippen molar-refractivity contribution < 1.29 is 14.2 Å². The highest BCUT2D eigenvalue weighted by atomic mass is 35.5. The first-order valence-corrected chi connectivity index (χ1v) is 8.76. The fraction of sp³-hybridized carbons (Fsp3) is 0.667. The van der Waals surface area contributed by atoms with Gasteiger partial charge in [0.15, 0.2) is 11.5 Å². The lowest BCUT2D eigenvalue weighted by molar-refractivity contribution is 0.287. The molecule has 1 aromatic rings. The largest absolute Gasteiger partial charge is 0.490 e. The van der Waals surface area contributed by atoms with Gasteiger partial charge in [-0.2, -0.15) is 0 Å². The molecule has 1 aliphatic heterocycles. The summed E-state index contributed by atoms with van der Waals surface area (Å²) >= 11 is 6.51. The number of hydrogen-bond acceptors (Lipinski definition) is 3. The first kappa shape index (κ1) is 17.4. The first-order chi connectivity index (χ1) is 10.6. The Bertz CT molecular complexity index is 489. The van der Waals surface area contributed by atoms with E-state index < -0.39 is 0 Å². The van der Waals surface area contributed by atoms with E-state index in [-0.39, 0.29) is 0 Å². The Hall–Kier alpha value is -0.930. The fourth-order valence-corrected chi connectivity index (χ4v) is 3.25. The summed E-state index contributed by atoms with van der Waals surface area (Å²) in [6.45, 7) is 9.51. The number of halogens is 1. The van der Waals surface area contributed by atoms with Crippen molar-refractivity contribution in [2.24, 2.45) is 0 Å². The van der Waals surface area contributed by atoms with Crippen LogP contribution in [0.25, 0.3) is 0 Å². The highest BCUT2D eigenvalue weighted by Gasteiger charge is 2.38. The lowest BCUT2D eigenvalue weighted by atomic mass is 9.90. The predicted molar refractivity (Wildman–Crippen MR) is 90.4 cm³/mol. The second kappa shape index (κ2) is 8.07. The van der Waals surface area contributed by atoms with E-state index in [0.29, 0.717) is 31.3 Å². The molecule has 0 bridgehead atoms. The van der Waals surface area contributed by atoms with Gasteiger partial charge >= 0.3 is 0 Å². The molecule has 124 valence electrons. The molecule has 0 aromatic heterocycles. The summed E-state index contributed by atoms with van der Waals surface area (Å²) in [5, 5.41) is 0.757. The molecular weight excluding hydrogens is 300 g/mol. The van der Waals surface area contributed by atoms with Crippen LogP contribution in [0.3, 0.4) is 0 Å². The van der Waals surface area contributed by atoms with E-state index >= 15 is 0 Å². The van der Waals surface area contributed by atoms with Gasteiger partial charge in [-0.25, -0.2) is 0 Å². The summed E-state index contributed by atoms with van der Waals surface area (Å²) in [5.74, 6) is 1.90. The normalized spacial score (nSPS) is 21.5. The highest BCUT2D eigenvalue weighted by Crippen LogP contribution is 2.42. The molecule has 0 amide bonds. The summed E-state index contributed by atoms with van der Waals surface area (Å²) in [6, 6.07) is 3.94. The Labute approximate surface area is 138 Å². The monoisotopic (exact) mass is 326 g/mol. The minimum atomic E-state index is 0.383. The molecule has 2 rings (SSSR count). The molecule has 3 unspecified atom stereocenters. The van der Waals surface area contributed by atoms with Crippen LogP contribution in [0.1, 0.15) is 58.4 Å². The topological polar surface area (TPSA) is 31.0 Å². The molecule has 3 atom stereocenters. The Balaban J connectivity index is 2.21. The molecule has 1 aliphatic rings. The number of epoxide rings is 1. The van der Waals surface area contributed by atoms with Crippen LogP contribution in [-0.2, 0) is 4.74 Å². The van der Waals surface area contributed by atoms with Gasteiger partial charge in [-0.3, -0.25) is 0 Å². The molecule has 0 spiro atoms. The molecule has 0 saturated carbocycles. The number of benzene rings is 1. The lowest BCUT2D eigenvalue weighted by Crippen LogP contribution is -2.06. The zero-order valence-corrected chi connectivity index (χ0v) is 14.8. The molecule has 1 heterocycles. The van der Waals surface area contributed by atoms with E-state index in [1.165, 1.54) is 0 Å². The quantitative estimate of drug-likeness (QED) is 0.584. The van der Waals surface area contributed by atoms with Crippen LogP contribution in [0.15, 0.2) is 12.1 Å². The van der Waals surface area contributed by atoms with Gasteiger partial charge in [0.05, 0.1) is 25.4 Å². The van der Waals surface area contributed by atoms with E-state index in [1.54, 1.807) is 0 Å². The van der Waals surface area contributed by atoms with Crippen LogP contribution in [0, 0.1) is 0 Å². The average molecular weight is 327 g/mol. The summed E-state index contributed by atoms with van der Waals surface area (Å²) in [4.78, 5) is 0. The molecule has 0 N–H and O–H groups in total. The third-order valence-electron chi connectivity index (χ3n) is 4.20. The van der Waals surface area contributed by atoms with E-state index in [1.807, 2.05) is 26.0 Å². The smallest absolute Gasteiger partial charge is 0.162 e. The van der Waals surface area contributed by atoms with Gasteiger partial charge in [-0.15, -0.1) is 0 Å². The summed E-state index contributed by atoms with van der Waals surface area (Å²) < 4.78 is 17.1. The molecule has 3 nitrogen and oxygen atoms in total. The predicted octanol–water partition coefficient (Wildman–Crippen LogP) is 5.20. The Kier molecular flexibility index (Phi) is 6.39. The third kappa shape index (κ3) is 4.08. The van der Waals surface area contributed by atoms with Crippen LogP contribution in [0.2, 0.25) is 5.02 Å². The molecule has 1 fully saturated rings. The maximum atomic E-state index is 6.51. The highest BCUT2D eigenvalue weighted by molar-refractivity contribution is 6.31. The molecule has 0 radical (unpaired) electrons. The second-order valence-electron chi connectivity index (χ2n) is 5.65. The molecule has 4 heteroatoms. The van der Waals surface area contributed by atoms with Crippen LogP contribution in [-0.4, -0.2) is 25.4 Å². The summed E-state index contributed by atoms with van der Waals surface area (Å²) in [6.07, 6.45) is 3.96. The minimum absolute atomic E-state index is 0.383. The average Bonchev–Trinajstić information content (AvgIpc) is 3.26. The van der Waals surface area contributed by atoms with Crippen molar-refractivity contribution in [2.45, 2.75) is 65.1 Å². The van der Waals surface area contributed by atoms with E-state index in [2.05, 4.69) is 13.8 Å². The Morgan fingerprint density at radius 3 is 2.18 bits per heavy atom. The van der Waals surface area contributed by atoms with Gasteiger partial charge in [0, 0.05) is 11.1 Å². The van der Waals surface area contributed by atoms with Crippen LogP contribution >= 0.6 is 11.6 Å². The van der Waals surface area contributed by atoms with Crippen molar-refractivity contribution in [3.63, 3.8) is 0 Å². The standard InChI is InChI=1S/C18H27ClO3/c1-5-12(9-18-15(6-2)22-18)13-10-16(20-7-3)17(21-8-4)11-14(13)19/h10-12,15,18H,5-9H2,1-4H3. The first-order valence-electron chi connectivity index (χ1n) is 8.38. The summed E-state index contributed by atoms with van der Waals surface area (Å²) in [5.41, 5.74) is 1.14. The Morgan fingerprint density at radius 1 is 1.05 bits per heavy atom. The molecule has 22 heavy (non-hydrogen) atoms. The van der Waals surface area contributed by atoms with Crippen molar-refractivity contribution in [3.05, 3.63) is 22.7 Å². The zero-order valence-electron chi connectivity index (χ0n) is 14.0. The van der Waals surface area contributed by atoms with Crippen LogP contribution < -0.4 is 9.47 Å². The van der Waals surface area contributed by atoms with Gasteiger partial charge < -0.3 is 14.2 Å². The third-order valence-corrected chi connectivity index (χ3v) is 4.53. The van der Waals surface area contributed by atoms with E-state index in [9.17, 15) is 0 Å². The van der Waals surface area contributed by atoms with Crippen LogP contribution in [0.5, 0.6) is 11.5 Å². The van der Waals surface area contributed by atoms with E-state index in [0.717, 1.165) is 41.3 Å². The molecule has 1 saturated heterocycles. The number of rotatable bonds is 9. The Morgan fingerprint density at radius 2 is 1.68 bits per heavy atom. The minimum Gasteiger partial charge on any atom is -0.490 e. The van der Waals surface area contributed by atoms with Gasteiger partial charge in [0.1, 0.15) is 0 Å². The lowest BCUT2D eigenvalue weighted by Gasteiger charge is -2.19. The zero-order chi connectivity index (χ0) is 16.1. The fourth-order valence-electron chi connectivity index (χ4n) is 2.94. The maximum Gasteiger partial charge on any atom is 0.162 e. The summed E-state index contributed by atoms with van der Waals surface area (Å²) in [7, 11) is 0. The van der Waals surface area contributed by atoms with Crippen molar-refractivity contribution in [3.8, 4) is 11.5 Å². The van der Waals surface area contributed by atoms with Gasteiger partial charge in [0.2, 0.25) is 0 Å². The number of hydrogen-bond donors (Lipinski definition) is 0. The molecular formula is C18H27ClO3. The number of ether oxygens (including phenoxy) is 3. The van der Waals surface area contributed by atoms with Crippen molar-refractivity contribution >= 4 is 11.6 Å². The van der Waals surface area contributed by atoms with Crippen molar-refractivity contribution in [2.75, 3.05) is 13.2 Å².